The summed E-state index contributed by atoms with van der Waals surface area (Å²) < 4.78 is 5.92. The molecule has 0 spiro atoms. The van der Waals surface area contributed by atoms with Crippen molar-refractivity contribution < 1.29 is 14.3 Å². The maximum Gasteiger partial charge on any atom is 0.259 e. The number of amides is 2. The van der Waals surface area contributed by atoms with Gasteiger partial charge in [0, 0.05) is 3.57 Å². The van der Waals surface area contributed by atoms with E-state index in [1.807, 2.05) is 30.3 Å². The van der Waals surface area contributed by atoms with E-state index in [0.717, 1.165) is 9.13 Å². The van der Waals surface area contributed by atoms with Gasteiger partial charge in [-0.1, -0.05) is 24.3 Å². The molecule has 0 bridgehead atoms. The number of nitrogens with one attached hydrogen (secondary N) is 2. The molecule has 0 saturated heterocycles. The van der Waals surface area contributed by atoms with Gasteiger partial charge in [-0.15, -0.1) is 0 Å². The number of hydrazone groups is 1. The van der Waals surface area contributed by atoms with E-state index >= 15 is 0 Å². The Labute approximate surface area is 153 Å². The van der Waals surface area contributed by atoms with Crippen LogP contribution in [-0.4, -0.2) is 31.7 Å². The lowest BCUT2D eigenvalue weighted by Gasteiger charge is -2.05. The van der Waals surface area contributed by atoms with Crippen LogP contribution in [0.1, 0.15) is 15.9 Å². The van der Waals surface area contributed by atoms with Crippen LogP contribution in [0.2, 0.25) is 0 Å². The molecule has 0 unspecified atom stereocenters. The standard InChI is InChI=1S/C17H16IN3O3/c1-24-13-6-4-5-12(9-13)10-20-21-16(22)11-19-17(23)14-7-2-3-8-15(14)18/h2-10H,11H2,1H3,(H,19,23)(H,21,22)/b20-10+. The molecule has 124 valence electrons. The number of hydrogen-bond acceptors (Lipinski definition) is 4. The summed E-state index contributed by atoms with van der Waals surface area (Å²) in [5.74, 6) is -0.00429. The summed E-state index contributed by atoms with van der Waals surface area (Å²) in [6.07, 6.45) is 1.50. The molecular weight excluding hydrogens is 421 g/mol. The lowest BCUT2D eigenvalue weighted by Crippen LogP contribution is -2.35. The molecule has 0 heterocycles. The Balaban J connectivity index is 1.82. The highest BCUT2D eigenvalue weighted by Crippen LogP contribution is 2.11. The number of ether oxygens (including phenoxy) is 1. The van der Waals surface area contributed by atoms with E-state index in [1.54, 1.807) is 25.3 Å². The van der Waals surface area contributed by atoms with Crippen molar-refractivity contribution in [3.63, 3.8) is 0 Å². The second-order valence-electron chi connectivity index (χ2n) is 4.73. The number of nitrogens with zero attached hydrogens (tertiary/aromatic N) is 1. The molecule has 6 nitrogen and oxygen atoms in total. The third kappa shape index (κ3) is 5.34. The van der Waals surface area contributed by atoms with Crippen molar-refractivity contribution >= 4 is 40.6 Å². The van der Waals surface area contributed by atoms with Crippen LogP contribution in [0.5, 0.6) is 5.75 Å². The van der Waals surface area contributed by atoms with Crippen molar-refractivity contribution in [3.8, 4) is 5.75 Å². The molecule has 0 aromatic heterocycles. The van der Waals surface area contributed by atoms with E-state index in [0.29, 0.717) is 11.3 Å². The van der Waals surface area contributed by atoms with Crippen LogP contribution in [0.25, 0.3) is 0 Å². The minimum Gasteiger partial charge on any atom is -0.497 e. The van der Waals surface area contributed by atoms with Crippen LogP contribution in [0, 0.1) is 3.57 Å². The van der Waals surface area contributed by atoms with Gasteiger partial charge in [-0.05, 0) is 52.4 Å². The van der Waals surface area contributed by atoms with Crippen molar-refractivity contribution in [1.82, 2.24) is 10.7 Å². The van der Waals surface area contributed by atoms with Crippen molar-refractivity contribution in [2.75, 3.05) is 13.7 Å². The Kier molecular flexibility index (Phi) is 6.74. The highest BCUT2D eigenvalue weighted by atomic mass is 127. The first kappa shape index (κ1) is 17.9. The van der Waals surface area contributed by atoms with Crippen molar-refractivity contribution in [3.05, 3.63) is 63.2 Å². The number of halogens is 1. The molecule has 2 rings (SSSR count). The summed E-state index contributed by atoms with van der Waals surface area (Å²) in [5, 5.41) is 6.41. The summed E-state index contributed by atoms with van der Waals surface area (Å²) >= 11 is 2.07. The number of benzene rings is 2. The molecule has 0 atom stereocenters. The largest absolute Gasteiger partial charge is 0.497 e. The van der Waals surface area contributed by atoms with Gasteiger partial charge < -0.3 is 10.1 Å². The number of rotatable bonds is 6. The third-order valence-electron chi connectivity index (χ3n) is 3.02. The molecule has 2 aromatic carbocycles. The van der Waals surface area contributed by atoms with E-state index in [4.69, 9.17) is 4.74 Å². The summed E-state index contributed by atoms with van der Waals surface area (Å²) in [5.41, 5.74) is 3.69. The van der Waals surface area contributed by atoms with Gasteiger partial charge in [0.2, 0.25) is 0 Å². The second kappa shape index (κ2) is 9.02. The molecule has 2 amide bonds. The molecule has 0 fully saturated rings. The zero-order chi connectivity index (χ0) is 17.4. The van der Waals surface area contributed by atoms with E-state index in [-0.39, 0.29) is 12.5 Å². The highest BCUT2D eigenvalue weighted by Gasteiger charge is 2.10. The molecule has 0 radical (unpaired) electrons. The van der Waals surface area contributed by atoms with E-state index < -0.39 is 5.91 Å². The van der Waals surface area contributed by atoms with Crippen molar-refractivity contribution in [2.24, 2.45) is 5.10 Å². The Morgan fingerprint density at radius 1 is 1.21 bits per heavy atom. The Bertz CT molecular complexity index is 762. The first-order valence-corrected chi connectivity index (χ1v) is 8.16. The quantitative estimate of drug-likeness (QED) is 0.413. The molecule has 0 saturated carbocycles. The predicted molar refractivity (Wildman–Crippen MR) is 100 cm³/mol. The zero-order valence-corrected chi connectivity index (χ0v) is 15.1. The van der Waals surface area contributed by atoms with Crippen LogP contribution in [0.4, 0.5) is 0 Å². The second-order valence-corrected chi connectivity index (χ2v) is 5.89. The summed E-state index contributed by atoms with van der Waals surface area (Å²) in [6, 6.07) is 14.4. The predicted octanol–water partition coefficient (Wildman–Crippen LogP) is 2.18. The molecule has 0 aliphatic heterocycles. The highest BCUT2D eigenvalue weighted by molar-refractivity contribution is 14.1. The number of carbonyl (C=O) groups excluding carboxylic acids is 2. The lowest BCUT2D eigenvalue weighted by molar-refractivity contribution is -0.120. The van der Waals surface area contributed by atoms with Gasteiger partial charge in [-0.25, -0.2) is 5.43 Å². The zero-order valence-electron chi connectivity index (χ0n) is 13.0. The third-order valence-corrected chi connectivity index (χ3v) is 3.97. The van der Waals surface area contributed by atoms with E-state index in [2.05, 4.69) is 38.4 Å². The van der Waals surface area contributed by atoms with E-state index in [9.17, 15) is 9.59 Å². The SMILES string of the molecule is COc1cccc(/C=N/NC(=O)CNC(=O)c2ccccc2I)c1. The fraction of sp³-hybridized carbons (Fsp3) is 0.118. The molecule has 0 aliphatic carbocycles. The molecule has 2 aromatic rings. The number of methoxy groups -OCH3 is 1. The van der Waals surface area contributed by atoms with Gasteiger partial charge in [-0.3, -0.25) is 9.59 Å². The molecule has 24 heavy (non-hydrogen) atoms. The number of hydrogen-bond donors (Lipinski definition) is 2. The van der Waals surface area contributed by atoms with Crippen LogP contribution in [0.3, 0.4) is 0 Å². The fourth-order valence-corrected chi connectivity index (χ4v) is 2.47. The molecule has 0 aliphatic rings. The number of carbonyl (C=O) groups is 2. The van der Waals surface area contributed by atoms with Crippen LogP contribution in [-0.2, 0) is 4.79 Å². The van der Waals surface area contributed by atoms with Crippen LogP contribution in [0.15, 0.2) is 53.6 Å². The van der Waals surface area contributed by atoms with Gasteiger partial charge in [0.05, 0.1) is 25.4 Å². The first-order valence-electron chi connectivity index (χ1n) is 7.09. The molecular formula is C17H16IN3O3. The normalized spacial score (nSPS) is 10.4. The van der Waals surface area contributed by atoms with Crippen LogP contribution >= 0.6 is 22.6 Å². The monoisotopic (exact) mass is 437 g/mol. The van der Waals surface area contributed by atoms with E-state index in [1.165, 1.54) is 6.21 Å². The average Bonchev–Trinajstić information content (AvgIpc) is 2.60. The van der Waals surface area contributed by atoms with Gasteiger partial charge >= 0.3 is 0 Å². The Morgan fingerprint density at radius 3 is 2.75 bits per heavy atom. The van der Waals surface area contributed by atoms with Gasteiger partial charge in [-0.2, -0.15) is 5.10 Å². The van der Waals surface area contributed by atoms with Gasteiger partial charge in [0.25, 0.3) is 11.8 Å². The minimum absolute atomic E-state index is 0.154. The van der Waals surface area contributed by atoms with Crippen molar-refractivity contribution in [1.29, 1.82) is 0 Å². The minimum atomic E-state index is -0.409. The maximum absolute atomic E-state index is 12.0. The summed E-state index contributed by atoms with van der Waals surface area (Å²) in [7, 11) is 1.58. The maximum atomic E-state index is 12.0. The van der Waals surface area contributed by atoms with Gasteiger partial charge in [0.1, 0.15) is 5.75 Å². The van der Waals surface area contributed by atoms with Crippen LogP contribution < -0.4 is 15.5 Å². The fourth-order valence-electron chi connectivity index (χ4n) is 1.84. The smallest absolute Gasteiger partial charge is 0.259 e. The topological polar surface area (TPSA) is 79.8 Å². The lowest BCUT2D eigenvalue weighted by atomic mass is 10.2. The van der Waals surface area contributed by atoms with Gasteiger partial charge in [0.15, 0.2) is 0 Å². The molecule has 2 N–H and O–H groups in total. The Hall–Kier alpha value is -2.42. The van der Waals surface area contributed by atoms with Crippen molar-refractivity contribution in [2.45, 2.75) is 0 Å². The first-order chi connectivity index (χ1) is 11.6. The summed E-state index contributed by atoms with van der Waals surface area (Å²) in [4.78, 5) is 23.7. The Morgan fingerprint density at radius 2 is 2.00 bits per heavy atom. The average molecular weight is 437 g/mol. The molecule has 7 heteroatoms. The summed E-state index contributed by atoms with van der Waals surface area (Å²) in [6.45, 7) is -0.154.